The van der Waals surface area contributed by atoms with Crippen LogP contribution >= 0.6 is 0 Å². The second-order valence-corrected chi connectivity index (χ2v) is 9.67. The third-order valence-electron chi connectivity index (χ3n) is 5.16. The maximum atomic E-state index is 12.4. The van der Waals surface area contributed by atoms with Gasteiger partial charge in [-0.25, -0.2) is 13.2 Å². The van der Waals surface area contributed by atoms with Crippen molar-refractivity contribution >= 4 is 27.5 Å². The van der Waals surface area contributed by atoms with Gasteiger partial charge >= 0.3 is 6.03 Å². The molecule has 0 bridgehead atoms. The van der Waals surface area contributed by atoms with Crippen LogP contribution in [0.5, 0.6) is 0 Å². The van der Waals surface area contributed by atoms with Gasteiger partial charge in [-0.05, 0) is 43.5 Å². The topological polar surface area (TPSA) is 104 Å². The molecule has 3 N–H and O–H groups in total. The van der Waals surface area contributed by atoms with E-state index < -0.39 is 15.9 Å². The molecular weight excluding hydrogens is 366 g/mol. The summed E-state index contributed by atoms with van der Waals surface area (Å²) in [6.07, 6.45) is 7.29. The number of carbonyl (C=O) groups is 2. The Labute approximate surface area is 160 Å². The molecule has 148 valence electrons. The Balaban J connectivity index is 1.49. The van der Waals surface area contributed by atoms with Crippen LogP contribution in [-0.2, 0) is 9.84 Å². The lowest BCUT2D eigenvalue weighted by atomic mass is 10.1. The number of hydrogen-bond donors (Lipinski definition) is 3. The normalized spacial score (nSPS) is 22.6. The molecule has 27 heavy (non-hydrogen) atoms. The molecule has 1 unspecified atom stereocenters. The number of urea groups is 1. The van der Waals surface area contributed by atoms with E-state index in [2.05, 4.69) is 16.0 Å². The number of hydrogen-bond acceptors (Lipinski definition) is 4. The average Bonchev–Trinajstić information content (AvgIpc) is 2.81. The minimum atomic E-state index is -3.03. The highest BCUT2D eigenvalue weighted by atomic mass is 32.2. The van der Waals surface area contributed by atoms with E-state index in [4.69, 9.17) is 0 Å². The van der Waals surface area contributed by atoms with Crippen molar-refractivity contribution in [1.82, 2.24) is 10.6 Å². The molecule has 1 atom stereocenters. The van der Waals surface area contributed by atoms with Crippen molar-refractivity contribution in [3.63, 3.8) is 0 Å². The summed E-state index contributed by atoms with van der Waals surface area (Å²) < 4.78 is 22.9. The lowest BCUT2D eigenvalue weighted by molar-refractivity contribution is 0.0933. The number of rotatable bonds is 4. The highest BCUT2D eigenvalue weighted by Crippen LogP contribution is 2.18. The second-order valence-electron chi connectivity index (χ2n) is 7.44. The van der Waals surface area contributed by atoms with Gasteiger partial charge in [0, 0.05) is 23.3 Å². The summed E-state index contributed by atoms with van der Waals surface area (Å²) >= 11 is 0. The van der Waals surface area contributed by atoms with Gasteiger partial charge in [0.1, 0.15) is 0 Å². The number of nitrogens with one attached hydrogen (secondary N) is 3. The molecule has 0 radical (unpaired) electrons. The molecule has 1 aliphatic heterocycles. The zero-order valence-electron chi connectivity index (χ0n) is 15.4. The molecule has 2 aliphatic rings. The van der Waals surface area contributed by atoms with E-state index in [1.165, 1.54) is 12.8 Å². The van der Waals surface area contributed by atoms with Crippen molar-refractivity contribution in [2.24, 2.45) is 0 Å². The van der Waals surface area contributed by atoms with Crippen molar-refractivity contribution in [3.8, 4) is 0 Å². The number of anilines is 1. The van der Waals surface area contributed by atoms with Gasteiger partial charge in [0.05, 0.1) is 11.5 Å². The van der Waals surface area contributed by atoms with Crippen molar-refractivity contribution in [2.75, 3.05) is 16.8 Å². The number of benzene rings is 1. The van der Waals surface area contributed by atoms with E-state index >= 15 is 0 Å². The first-order valence-electron chi connectivity index (χ1n) is 9.60. The van der Waals surface area contributed by atoms with E-state index in [1.54, 1.807) is 24.3 Å². The summed E-state index contributed by atoms with van der Waals surface area (Å²) in [5.41, 5.74) is 1.12. The molecule has 3 rings (SSSR count). The van der Waals surface area contributed by atoms with Crippen molar-refractivity contribution in [1.29, 1.82) is 0 Å². The molecule has 1 aliphatic carbocycles. The number of amides is 3. The van der Waals surface area contributed by atoms with Gasteiger partial charge < -0.3 is 16.0 Å². The largest absolute Gasteiger partial charge is 0.349 e. The van der Waals surface area contributed by atoms with Gasteiger partial charge in [-0.3, -0.25) is 4.79 Å². The van der Waals surface area contributed by atoms with Crippen LogP contribution in [0.25, 0.3) is 0 Å². The SMILES string of the molecule is O=C(Nc1ccc(C(=O)NC2CCCCCC2)cc1)NC1CCS(=O)(=O)C1. The molecule has 1 heterocycles. The van der Waals surface area contributed by atoms with Crippen LogP contribution in [0.2, 0.25) is 0 Å². The molecule has 2 fully saturated rings. The Morgan fingerprint density at radius 3 is 2.11 bits per heavy atom. The maximum absolute atomic E-state index is 12.4. The Morgan fingerprint density at radius 1 is 0.852 bits per heavy atom. The Kier molecular flexibility index (Phi) is 6.36. The first-order valence-corrected chi connectivity index (χ1v) is 11.4. The number of carbonyl (C=O) groups excluding carboxylic acids is 2. The zero-order valence-corrected chi connectivity index (χ0v) is 16.2. The van der Waals surface area contributed by atoms with Gasteiger partial charge in [0.2, 0.25) is 0 Å². The highest BCUT2D eigenvalue weighted by molar-refractivity contribution is 7.91. The molecule has 7 nitrogen and oxygen atoms in total. The summed E-state index contributed by atoms with van der Waals surface area (Å²) in [4.78, 5) is 24.4. The van der Waals surface area contributed by atoms with Crippen molar-refractivity contribution < 1.29 is 18.0 Å². The smallest absolute Gasteiger partial charge is 0.319 e. The first kappa shape index (κ1) is 19.7. The van der Waals surface area contributed by atoms with E-state index in [-0.39, 0.29) is 29.5 Å². The van der Waals surface area contributed by atoms with Crippen LogP contribution in [0.3, 0.4) is 0 Å². The van der Waals surface area contributed by atoms with Crippen LogP contribution in [0.15, 0.2) is 24.3 Å². The van der Waals surface area contributed by atoms with Gasteiger partial charge in [0.25, 0.3) is 5.91 Å². The number of sulfone groups is 1. The van der Waals surface area contributed by atoms with Gasteiger partial charge in [0.15, 0.2) is 9.84 Å². The molecule has 1 saturated carbocycles. The van der Waals surface area contributed by atoms with Crippen LogP contribution in [-0.4, -0.2) is 43.9 Å². The standard InChI is InChI=1S/C19H27N3O4S/c23-18(20-15-5-3-1-2-4-6-15)14-7-9-16(10-8-14)21-19(24)22-17-11-12-27(25,26)13-17/h7-10,15,17H,1-6,11-13H2,(H,20,23)(H2,21,22,24). The monoisotopic (exact) mass is 393 g/mol. The van der Waals surface area contributed by atoms with E-state index in [9.17, 15) is 18.0 Å². The summed E-state index contributed by atoms with van der Waals surface area (Å²) in [5, 5.41) is 8.44. The van der Waals surface area contributed by atoms with Crippen LogP contribution < -0.4 is 16.0 Å². The lowest BCUT2D eigenvalue weighted by Gasteiger charge is -2.16. The maximum Gasteiger partial charge on any atom is 0.319 e. The summed E-state index contributed by atoms with van der Waals surface area (Å²) in [5.74, 6) is 0.0118. The van der Waals surface area contributed by atoms with Crippen LogP contribution in [0, 0.1) is 0 Å². The van der Waals surface area contributed by atoms with E-state index in [1.807, 2.05) is 0 Å². The fourth-order valence-corrected chi connectivity index (χ4v) is 5.33. The van der Waals surface area contributed by atoms with E-state index in [0.717, 1.165) is 25.7 Å². The predicted molar refractivity (Wildman–Crippen MR) is 105 cm³/mol. The van der Waals surface area contributed by atoms with Gasteiger partial charge in [-0.2, -0.15) is 0 Å². The average molecular weight is 394 g/mol. The van der Waals surface area contributed by atoms with Crippen LogP contribution in [0.4, 0.5) is 10.5 Å². The minimum absolute atomic E-state index is 0.0132. The summed E-state index contributed by atoms with van der Waals surface area (Å²) in [6, 6.07) is 6.17. The van der Waals surface area contributed by atoms with Gasteiger partial charge in [-0.1, -0.05) is 25.7 Å². The molecule has 8 heteroatoms. The minimum Gasteiger partial charge on any atom is -0.349 e. The fourth-order valence-electron chi connectivity index (χ4n) is 3.66. The van der Waals surface area contributed by atoms with Gasteiger partial charge in [-0.15, -0.1) is 0 Å². The second kappa shape index (κ2) is 8.73. The fraction of sp³-hybridized carbons (Fsp3) is 0.579. The molecule has 3 amide bonds. The Morgan fingerprint density at radius 2 is 1.52 bits per heavy atom. The molecule has 1 aromatic rings. The quantitative estimate of drug-likeness (QED) is 0.684. The van der Waals surface area contributed by atoms with Crippen LogP contribution in [0.1, 0.15) is 55.3 Å². The highest BCUT2D eigenvalue weighted by Gasteiger charge is 2.28. The third kappa shape index (κ3) is 5.95. The molecular formula is C19H27N3O4S. The zero-order chi connectivity index (χ0) is 19.3. The van der Waals surface area contributed by atoms with E-state index in [0.29, 0.717) is 17.7 Å². The van der Waals surface area contributed by atoms with Crippen molar-refractivity contribution in [3.05, 3.63) is 29.8 Å². The lowest BCUT2D eigenvalue weighted by Crippen LogP contribution is -2.38. The third-order valence-corrected chi connectivity index (χ3v) is 6.93. The molecule has 1 aromatic carbocycles. The molecule has 0 aromatic heterocycles. The Bertz CT molecular complexity index is 769. The van der Waals surface area contributed by atoms with Crippen molar-refractivity contribution in [2.45, 2.75) is 57.0 Å². The Hall–Kier alpha value is -2.09. The molecule has 1 saturated heterocycles. The summed E-state index contributed by atoms with van der Waals surface area (Å²) in [7, 11) is -3.03. The first-order chi connectivity index (χ1) is 12.9. The summed E-state index contributed by atoms with van der Waals surface area (Å²) in [6.45, 7) is 0. The molecule has 0 spiro atoms. The predicted octanol–water partition coefficient (Wildman–Crippen LogP) is 2.45.